The van der Waals surface area contributed by atoms with Crippen LogP contribution in [-0.4, -0.2) is 30.8 Å². The molecular weight excluding hydrogens is 240 g/mol. The van der Waals surface area contributed by atoms with Crippen LogP contribution < -0.4 is 10.1 Å². The van der Waals surface area contributed by atoms with Crippen LogP contribution in [0.4, 0.5) is 0 Å². The van der Waals surface area contributed by atoms with E-state index in [-0.39, 0.29) is 12.1 Å². The van der Waals surface area contributed by atoms with Gasteiger partial charge in [-0.15, -0.1) is 0 Å². The minimum absolute atomic E-state index is 0.218. The fraction of sp³-hybridized carbons (Fsp3) is 0.667. The molecule has 0 amide bonds. The summed E-state index contributed by atoms with van der Waals surface area (Å²) in [4.78, 5) is 4.28. The molecule has 2 rings (SSSR count). The Morgan fingerprint density at radius 3 is 3.05 bits per heavy atom. The lowest BCUT2D eigenvalue weighted by Crippen LogP contribution is -2.32. The minimum Gasteiger partial charge on any atom is -0.492 e. The van der Waals surface area contributed by atoms with Crippen LogP contribution in [0.5, 0.6) is 5.75 Å². The van der Waals surface area contributed by atoms with E-state index in [1.54, 1.807) is 6.20 Å². The molecule has 4 heteroatoms. The molecule has 0 aliphatic carbocycles. The zero-order chi connectivity index (χ0) is 13.5. The van der Waals surface area contributed by atoms with Crippen LogP contribution in [0, 0.1) is 0 Å². The summed E-state index contributed by atoms with van der Waals surface area (Å²) in [6, 6.07) is 2.29. The van der Waals surface area contributed by atoms with Crippen molar-refractivity contribution in [3.05, 3.63) is 24.0 Å². The van der Waals surface area contributed by atoms with E-state index in [1.807, 2.05) is 13.1 Å². The average Bonchev–Trinajstić information content (AvgIpc) is 2.94. The van der Waals surface area contributed by atoms with E-state index in [4.69, 9.17) is 9.47 Å². The zero-order valence-corrected chi connectivity index (χ0v) is 11.9. The van der Waals surface area contributed by atoms with Crippen molar-refractivity contribution >= 4 is 0 Å². The SMILES string of the molecule is CCCNC(c1cncc(OCC)c1)C1CCCO1. The Balaban J connectivity index is 2.13. The Bertz CT molecular complexity index is 378. The van der Waals surface area contributed by atoms with Crippen molar-refractivity contribution in [1.82, 2.24) is 10.3 Å². The minimum atomic E-state index is 0.218. The Morgan fingerprint density at radius 2 is 2.37 bits per heavy atom. The van der Waals surface area contributed by atoms with Gasteiger partial charge in [-0.3, -0.25) is 4.98 Å². The molecule has 2 unspecified atom stereocenters. The number of pyridine rings is 1. The average molecular weight is 264 g/mol. The summed E-state index contributed by atoms with van der Waals surface area (Å²) >= 11 is 0. The summed E-state index contributed by atoms with van der Waals surface area (Å²) in [5.41, 5.74) is 1.16. The molecule has 0 radical (unpaired) electrons. The normalized spacial score (nSPS) is 20.4. The van der Waals surface area contributed by atoms with Gasteiger partial charge >= 0.3 is 0 Å². The number of ether oxygens (including phenoxy) is 2. The predicted octanol–water partition coefficient (Wildman–Crippen LogP) is 2.70. The van der Waals surface area contributed by atoms with Crippen molar-refractivity contribution in [3.63, 3.8) is 0 Å². The monoisotopic (exact) mass is 264 g/mol. The van der Waals surface area contributed by atoms with Crippen LogP contribution in [-0.2, 0) is 4.74 Å². The first-order valence-electron chi connectivity index (χ1n) is 7.27. The molecule has 1 aliphatic heterocycles. The van der Waals surface area contributed by atoms with Gasteiger partial charge in [0.05, 0.1) is 24.9 Å². The number of hydrogen-bond donors (Lipinski definition) is 1. The quantitative estimate of drug-likeness (QED) is 0.822. The molecule has 1 saturated heterocycles. The molecule has 0 bridgehead atoms. The number of rotatable bonds is 7. The second kappa shape index (κ2) is 7.46. The first-order chi connectivity index (χ1) is 9.35. The van der Waals surface area contributed by atoms with Crippen LogP contribution in [0.2, 0.25) is 0 Å². The maximum absolute atomic E-state index is 5.84. The second-order valence-corrected chi connectivity index (χ2v) is 4.87. The molecular formula is C15H24N2O2. The lowest BCUT2D eigenvalue weighted by atomic mass is 10.0. The fourth-order valence-corrected chi connectivity index (χ4v) is 2.48. The number of hydrogen-bond acceptors (Lipinski definition) is 4. The molecule has 1 aliphatic rings. The lowest BCUT2D eigenvalue weighted by molar-refractivity contribution is 0.0781. The molecule has 19 heavy (non-hydrogen) atoms. The molecule has 1 fully saturated rings. The third-order valence-corrected chi connectivity index (χ3v) is 3.36. The van der Waals surface area contributed by atoms with Gasteiger partial charge in [-0.05, 0) is 44.4 Å². The highest BCUT2D eigenvalue weighted by Gasteiger charge is 2.27. The van der Waals surface area contributed by atoms with Crippen LogP contribution in [0.3, 0.4) is 0 Å². The highest BCUT2D eigenvalue weighted by molar-refractivity contribution is 5.27. The number of nitrogens with zero attached hydrogens (tertiary/aromatic N) is 1. The van der Waals surface area contributed by atoms with E-state index >= 15 is 0 Å². The molecule has 0 saturated carbocycles. The van der Waals surface area contributed by atoms with Crippen LogP contribution >= 0.6 is 0 Å². The summed E-state index contributed by atoms with van der Waals surface area (Å²) in [7, 11) is 0. The van der Waals surface area contributed by atoms with E-state index in [1.165, 1.54) is 0 Å². The predicted molar refractivity (Wildman–Crippen MR) is 75.4 cm³/mol. The first kappa shape index (κ1) is 14.3. The second-order valence-electron chi connectivity index (χ2n) is 4.87. The molecule has 2 atom stereocenters. The third-order valence-electron chi connectivity index (χ3n) is 3.36. The summed E-state index contributed by atoms with van der Waals surface area (Å²) in [5, 5.41) is 3.58. The summed E-state index contributed by atoms with van der Waals surface area (Å²) in [6.07, 6.45) is 7.30. The van der Waals surface area contributed by atoms with Gasteiger partial charge in [0.1, 0.15) is 5.75 Å². The molecule has 1 N–H and O–H groups in total. The summed E-state index contributed by atoms with van der Waals surface area (Å²) in [5.74, 6) is 0.835. The third kappa shape index (κ3) is 3.91. The van der Waals surface area contributed by atoms with E-state index in [9.17, 15) is 0 Å². The van der Waals surface area contributed by atoms with Gasteiger partial charge in [0.25, 0.3) is 0 Å². The molecule has 0 spiro atoms. The van der Waals surface area contributed by atoms with E-state index in [0.717, 1.165) is 43.7 Å². The van der Waals surface area contributed by atoms with E-state index in [0.29, 0.717) is 6.61 Å². The lowest BCUT2D eigenvalue weighted by Gasteiger charge is -2.24. The molecule has 1 aromatic rings. The molecule has 0 aromatic carbocycles. The molecule has 4 nitrogen and oxygen atoms in total. The van der Waals surface area contributed by atoms with Gasteiger partial charge in [0.15, 0.2) is 0 Å². The van der Waals surface area contributed by atoms with E-state index in [2.05, 4.69) is 23.3 Å². The van der Waals surface area contributed by atoms with E-state index < -0.39 is 0 Å². The molecule has 106 valence electrons. The Kier molecular flexibility index (Phi) is 5.61. The van der Waals surface area contributed by atoms with Crippen molar-refractivity contribution in [2.45, 2.75) is 45.3 Å². The molecule has 1 aromatic heterocycles. The summed E-state index contributed by atoms with van der Waals surface area (Å²) < 4.78 is 11.4. The van der Waals surface area contributed by atoms with Gasteiger partial charge in [0.2, 0.25) is 0 Å². The Labute approximate surface area is 115 Å². The van der Waals surface area contributed by atoms with Crippen molar-refractivity contribution in [3.8, 4) is 5.75 Å². The Morgan fingerprint density at radius 1 is 1.47 bits per heavy atom. The van der Waals surface area contributed by atoms with Crippen molar-refractivity contribution in [1.29, 1.82) is 0 Å². The van der Waals surface area contributed by atoms with Gasteiger partial charge in [-0.25, -0.2) is 0 Å². The highest BCUT2D eigenvalue weighted by Crippen LogP contribution is 2.28. The van der Waals surface area contributed by atoms with Gasteiger partial charge in [0, 0.05) is 12.8 Å². The topological polar surface area (TPSA) is 43.4 Å². The van der Waals surface area contributed by atoms with Crippen molar-refractivity contribution in [2.24, 2.45) is 0 Å². The van der Waals surface area contributed by atoms with Crippen LogP contribution in [0.15, 0.2) is 18.5 Å². The van der Waals surface area contributed by atoms with Crippen molar-refractivity contribution in [2.75, 3.05) is 19.8 Å². The smallest absolute Gasteiger partial charge is 0.137 e. The van der Waals surface area contributed by atoms with Crippen LogP contribution in [0.1, 0.15) is 44.7 Å². The Hall–Kier alpha value is -1.13. The standard InChI is InChI=1S/C15H24N2O2/c1-3-7-17-15(14-6-5-8-19-14)12-9-13(18-4-2)11-16-10-12/h9-11,14-15,17H,3-8H2,1-2H3. The number of nitrogens with one attached hydrogen (secondary N) is 1. The first-order valence-corrected chi connectivity index (χ1v) is 7.27. The maximum atomic E-state index is 5.84. The highest BCUT2D eigenvalue weighted by atomic mass is 16.5. The van der Waals surface area contributed by atoms with Gasteiger partial charge < -0.3 is 14.8 Å². The summed E-state index contributed by atoms with van der Waals surface area (Å²) in [6.45, 7) is 6.68. The van der Waals surface area contributed by atoms with Crippen molar-refractivity contribution < 1.29 is 9.47 Å². The zero-order valence-electron chi connectivity index (χ0n) is 11.9. The maximum Gasteiger partial charge on any atom is 0.137 e. The molecule has 2 heterocycles. The fourth-order valence-electron chi connectivity index (χ4n) is 2.48. The van der Waals surface area contributed by atoms with Crippen LogP contribution in [0.25, 0.3) is 0 Å². The van der Waals surface area contributed by atoms with Gasteiger partial charge in [-0.1, -0.05) is 6.92 Å². The van der Waals surface area contributed by atoms with Gasteiger partial charge in [-0.2, -0.15) is 0 Å². The largest absolute Gasteiger partial charge is 0.492 e. The number of aromatic nitrogens is 1.